The van der Waals surface area contributed by atoms with Crippen molar-refractivity contribution in [2.24, 2.45) is 0 Å². The minimum absolute atomic E-state index is 0.198. The second-order valence-corrected chi connectivity index (χ2v) is 5.10. The summed E-state index contributed by atoms with van der Waals surface area (Å²) in [5, 5.41) is 0. The number of para-hydroxylation sites is 2. The van der Waals surface area contributed by atoms with Crippen molar-refractivity contribution in [3.05, 3.63) is 24.3 Å². The molecule has 1 saturated heterocycles. The largest absolute Gasteiger partial charge is 0.489 e. The van der Waals surface area contributed by atoms with Gasteiger partial charge in [-0.2, -0.15) is 0 Å². The fourth-order valence-corrected chi connectivity index (χ4v) is 2.35. The number of hydrogen-bond acceptors (Lipinski definition) is 3. The molecule has 0 aromatic heterocycles. The predicted octanol–water partition coefficient (Wildman–Crippen LogP) is 2.23. The molecule has 0 amide bonds. The highest BCUT2D eigenvalue weighted by molar-refractivity contribution is 5.58. The summed E-state index contributed by atoms with van der Waals surface area (Å²) < 4.78 is 5.89. The molecule has 0 atom stereocenters. The molecular weight excluding hydrogens is 236 g/mol. The summed E-state index contributed by atoms with van der Waals surface area (Å²) in [4.78, 5) is 4.69. The van der Waals surface area contributed by atoms with Gasteiger partial charge in [0.05, 0.1) is 18.3 Å². The molecule has 1 aliphatic heterocycles. The van der Waals surface area contributed by atoms with Crippen molar-refractivity contribution in [2.75, 3.05) is 37.6 Å². The molecular formula is C16H22N2O. The summed E-state index contributed by atoms with van der Waals surface area (Å²) in [5.41, 5.74) is 1.19. The SMILES string of the molecule is C#CCN1CCN(c2ccccc2OC(C)C)CC1. The van der Waals surface area contributed by atoms with Gasteiger partial charge in [-0.15, -0.1) is 6.42 Å². The van der Waals surface area contributed by atoms with Crippen LogP contribution in [0.1, 0.15) is 13.8 Å². The van der Waals surface area contributed by atoms with Crippen LogP contribution in [-0.2, 0) is 0 Å². The maximum atomic E-state index is 5.89. The molecule has 3 heteroatoms. The fraction of sp³-hybridized carbons (Fsp3) is 0.500. The van der Waals surface area contributed by atoms with Crippen LogP contribution < -0.4 is 9.64 Å². The number of nitrogens with zero attached hydrogens (tertiary/aromatic N) is 2. The van der Waals surface area contributed by atoms with E-state index in [4.69, 9.17) is 11.2 Å². The fourth-order valence-electron chi connectivity index (χ4n) is 2.35. The molecule has 0 N–H and O–H groups in total. The molecule has 1 aromatic carbocycles. The number of rotatable bonds is 4. The van der Waals surface area contributed by atoms with Crippen LogP contribution in [0.2, 0.25) is 0 Å². The van der Waals surface area contributed by atoms with Crippen molar-refractivity contribution in [1.29, 1.82) is 0 Å². The summed E-state index contributed by atoms with van der Waals surface area (Å²) >= 11 is 0. The average Bonchev–Trinajstić information content (AvgIpc) is 2.40. The molecule has 0 aliphatic carbocycles. The Hall–Kier alpha value is -1.66. The first kappa shape index (κ1) is 13.8. The number of ether oxygens (including phenoxy) is 1. The van der Waals surface area contributed by atoms with E-state index in [0.29, 0.717) is 0 Å². The lowest BCUT2D eigenvalue weighted by molar-refractivity contribution is 0.240. The molecule has 0 saturated carbocycles. The first-order valence-corrected chi connectivity index (χ1v) is 6.87. The lowest BCUT2D eigenvalue weighted by Gasteiger charge is -2.36. The Morgan fingerprint density at radius 1 is 1.21 bits per heavy atom. The summed E-state index contributed by atoms with van der Waals surface area (Å²) in [6.07, 6.45) is 5.56. The third-order valence-corrected chi connectivity index (χ3v) is 3.26. The second kappa shape index (κ2) is 6.49. The van der Waals surface area contributed by atoms with Gasteiger partial charge in [-0.1, -0.05) is 18.1 Å². The van der Waals surface area contributed by atoms with E-state index in [9.17, 15) is 0 Å². The Morgan fingerprint density at radius 2 is 1.89 bits per heavy atom. The van der Waals surface area contributed by atoms with Crippen molar-refractivity contribution >= 4 is 5.69 Å². The Kier molecular flexibility index (Phi) is 4.70. The molecule has 1 aromatic rings. The highest BCUT2D eigenvalue weighted by Crippen LogP contribution is 2.29. The minimum atomic E-state index is 0.198. The number of terminal acetylenes is 1. The molecule has 0 unspecified atom stereocenters. The smallest absolute Gasteiger partial charge is 0.142 e. The number of benzene rings is 1. The van der Waals surface area contributed by atoms with Crippen molar-refractivity contribution in [2.45, 2.75) is 20.0 Å². The second-order valence-electron chi connectivity index (χ2n) is 5.10. The monoisotopic (exact) mass is 258 g/mol. The summed E-state index contributed by atoms with van der Waals surface area (Å²) in [5.74, 6) is 3.69. The van der Waals surface area contributed by atoms with Crippen LogP contribution in [0, 0.1) is 12.3 Å². The van der Waals surface area contributed by atoms with Crippen LogP contribution in [0.3, 0.4) is 0 Å². The normalized spacial score (nSPS) is 16.4. The Morgan fingerprint density at radius 3 is 2.53 bits per heavy atom. The third-order valence-electron chi connectivity index (χ3n) is 3.26. The van der Waals surface area contributed by atoms with Crippen molar-refractivity contribution < 1.29 is 4.74 Å². The van der Waals surface area contributed by atoms with E-state index in [-0.39, 0.29) is 6.10 Å². The molecule has 1 aliphatic rings. The number of hydrogen-bond donors (Lipinski definition) is 0. The molecule has 102 valence electrons. The van der Waals surface area contributed by atoms with E-state index in [2.05, 4.69) is 41.7 Å². The van der Waals surface area contributed by atoms with Gasteiger partial charge >= 0.3 is 0 Å². The van der Waals surface area contributed by atoms with E-state index < -0.39 is 0 Å². The van der Waals surface area contributed by atoms with E-state index in [1.807, 2.05) is 12.1 Å². The van der Waals surface area contributed by atoms with Gasteiger partial charge in [-0.25, -0.2) is 0 Å². The Labute approximate surface area is 116 Å². The minimum Gasteiger partial charge on any atom is -0.489 e. The lowest BCUT2D eigenvalue weighted by Crippen LogP contribution is -2.46. The highest BCUT2D eigenvalue weighted by Gasteiger charge is 2.19. The van der Waals surface area contributed by atoms with Crippen molar-refractivity contribution in [3.63, 3.8) is 0 Å². The maximum absolute atomic E-state index is 5.89. The van der Waals surface area contributed by atoms with Crippen molar-refractivity contribution in [3.8, 4) is 18.1 Å². The summed E-state index contributed by atoms with van der Waals surface area (Å²) in [6, 6.07) is 8.27. The van der Waals surface area contributed by atoms with Gasteiger partial charge < -0.3 is 9.64 Å². The van der Waals surface area contributed by atoms with E-state index in [1.54, 1.807) is 0 Å². The Balaban J connectivity index is 2.05. The van der Waals surface area contributed by atoms with Gasteiger partial charge in [0.1, 0.15) is 5.75 Å². The molecule has 0 bridgehead atoms. The predicted molar refractivity (Wildman–Crippen MR) is 79.7 cm³/mol. The summed E-state index contributed by atoms with van der Waals surface area (Å²) in [7, 11) is 0. The van der Waals surface area contributed by atoms with Gasteiger partial charge in [0.15, 0.2) is 0 Å². The molecule has 1 heterocycles. The average molecular weight is 258 g/mol. The van der Waals surface area contributed by atoms with E-state index in [1.165, 1.54) is 5.69 Å². The van der Waals surface area contributed by atoms with E-state index in [0.717, 1.165) is 38.5 Å². The highest BCUT2D eigenvalue weighted by atomic mass is 16.5. The van der Waals surface area contributed by atoms with Crippen LogP contribution in [0.25, 0.3) is 0 Å². The lowest BCUT2D eigenvalue weighted by atomic mass is 10.2. The van der Waals surface area contributed by atoms with Gasteiger partial charge in [0.25, 0.3) is 0 Å². The topological polar surface area (TPSA) is 15.7 Å². The van der Waals surface area contributed by atoms with Crippen LogP contribution >= 0.6 is 0 Å². The summed E-state index contributed by atoms with van der Waals surface area (Å²) in [6.45, 7) is 8.89. The number of anilines is 1. The third kappa shape index (κ3) is 3.65. The van der Waals surface area contributed by atoms with Gasteiger partial charge in [-0.3, -0.25) is 4.90 Å². The first-order valence-electron chi connectivity index (χ1n) is 6.87. The molecule has 3 nitrogen and oxygen atoms in total. The van der Waals surface area contributed by atoms with Gasteiger partial charge in [-0.05, 0) is 26.0 Å². The zero-order valence-corrected chi connectivity index (χ0v) is 11.8. The van der Waals surface area contributed by atoms with Crippen molar-refractivity contribution in [1.82, 2.24) is 4.90 Å². The quantitative estimate of drug-likeness (QED) is 0.770. The molecule has 0 radical (unpaired) electrons. The first-order chi connectivity index (χ1) is 9.20. The Bertz CT molecular complexity index is 442. The zero-order chi connectivity index (χ0) is 13.7. The van der Waals surface area contributed by atoms with Crippen LogP contribution in [0.4, 0.5) is 5.69 Å². The number of piperazine rings is 1. The molecule has 1 fully saturated rings. The van der Waals surface area contributed by atoms with Crippen LogP contribution in [0.5, 0.6) is 5.75 Å². The van der Waals surface area contributed by atoms with Crippen LogP contribution in [0.15, 0.2) is 24.3 Å². The molecule has 0 spiro atoms. The zero-order valence-electron chi connectivity index (χ0n) is 11.8. The molecule has 2 rings (SSSR count). The van der Waals surface area contributed by atoms with Gasteiger partial charge in [0.2, 0.25) is 0 Å². The molecule has 19 heavy (non-hydrogen) atoms. The van der Waals surface area contributed by atoms with Gasteiger partial charge in [0, 0.05) is 26.2 Å². The van der Waals surface area contributed by atoms with Crippen LogP contribution in [-0.4, -0.2) is 43.7 Å². The standard InChI is InChI=1S/C16H22N2O/c1-4-9-17-10-12-18(13-11-17)15-7-5-6-8-16(15)19-14(2)3/h1,5-8,14H,9-13H2,2-3H3. The maximum Gasteiger partial charge on any atom is 0.142 e. The van der Waals surface area contributed by atoms with E-state index >= 15 is 0 Å².